The quantitative estimate of drug-likeness (QED) is 0.0578. The maximum atomic E-state index is 15.2. The Bertz CT molecular complexity index is 2020. The van der Waals surface area contributed by atoms with E-state index in [1.165, 1.54) is 12.1 Å². The molecule has 2 saturated heterocycles. The number of imide groups is 2. The molecule has 0 spiro atoms. The Hall–Kier alpha value is -3.27. The molecule has 0 bridgehead atoms. The van der Waals surface area contributed by atoms with E-state index in [9.17, 15) is 37.5 Å². The summed E-state index contributed by atoms with van der Waals surface area (Å²) in [4.78, 5) is 51.7. The number of fused-ring (bicyclic) bond motifs is 4. The lowest BCUT2D eigenvalue weighted by atomic mass is 9.56. The van der Waals surface area contributed by atoms with Crippen LogP contribution in [0.4, 0.5) is 33.3 Å². The van der Waals surface area contributed by atoms with Gasteiger partial charge in [0.05, 0.1) is 17.5 Å². The number of allylic oxidation sites excluding steroid dienone is 2. The zero-order chi connectivity index (χ0) is 34.8. The number of anilines is 2. The van der Waals surface area contributed by atoms with Gasteiger partial charge in [0.15, 0.2) is 33.0 Å². The Morgan fingerprint density at radius 3 is 2.00 bits per heavy atom. The van der Waals surface area contributed by atoms with Gasteiger partial charge in [0, 0.05) is 14.5 Å². The van der Waals surface area contributed by atoms with Crippen molar-refractivity contribution >= 4 is 92.4 Å². The first-order valence-corrected chi connectivity index (χ1v) is 16.4. The zero-order valence-corrected chi connectivity index (χ0v) is 28.1. The third-order valence-corrected chi connectivity index (χ3v) is 12.1. The first kappa shape index (κ1) is 33.2. The Balaban J connectivity index is 1.44. The first-order chi connectivity index (χ1) is 22.6. The molecule has 3 fully saturated rings. The highest BCUT2D eigenvalue weighted by Gasteiger charge is 2.77. The van der Waals surface area contributed by atoms with Crippen molar-refractivity contribution in [2.45, 2.75) is 28.5 Å². The maximum absolute atomic E-state index is 15.2. The number of carbonyl (C=O) groups is 4. The van der Waals surface area contributed by atoms with Crippen LogP contribution in [0.3, 0.4) is 0 Å². The summed E-state index contributed by atoms with van der Waals surface area (Å²) in [5.74, 6) is -21.8. The van der Waals surface area contributed by atoms with Crippen LogP contribution in [0.5, 0.6) is 5.75 Å². The predicted octanol–water partition coefficient (Wildman–Crippen LogP) is 7.11. The van der Waals surface area contributed by atoms with Crippen LogP contribution >= 0.6 is 57.4 Å². The average molecular weight is 838 g/mol. The summed E-state index contributed by atoms with van der Waals surface area (Å²) in [7, 11) is 0. The Kier molecular flexibility index (Phi) is 7.70. The Morgan fingerprint density at radius 1 is 0.792 bits per heavy atom. The van der Waals surface area contributed by atoms with E-state index in [0.29, 0.717) is 0 Å². The summed E-state index contributed by atoms with van der Waals surface area (Å²) in [5, 5.41) is 9.88. The number of carbonyl (C=O) groups excluding carboxylic acids is 4. The molecule has 248 valence electrons. The van der Waals surface area contributed by atoms with Gasteiger partial charge < -0.3 is 5.11 Å². The molecule has 1 saturated carbocycles. The molecule has 4 aliphatic rings. The van der Waals surface area contributed by atoms with Crippen LogP contribution in [-0.2, 0) is 19.2 Å². The Morgan fingerprint density at radius 2 is 1.40 bits per heavy atom. The second kappa shape index (κ2) is 11.1. The summed E-state index contributed by atoms with van der Waals surface area (Å²) in [5.41, 5.74) is -1.36. The summed E-state index contributed by atoms with van der Waals surface area (Å²) in [6, 6.07) is 10.1. The van der Waals surface area contributed by atoms with E-state index in [-0.39, 0.29) is 38.9 Å². The van der Waals surface area contributed by atoms with Crippen LogP contribution in [0.1, 0.15) is 24.3 Å². The van der Waals surface area contributed by atoms with Crippen molar-refractivity contribution in [2.24, 2.45) is 17.8 Å². The predicted molar refractivity (Wildman–Crippen MR) is 171 cm³/mol. The number of phenols is 1. The molecule has 16 heteroatoms. The van der Waals surface area contributed by atoms with E-state index >= 15 is 8.78 Å². The van der Waals surface area contributed by atoms with Gasteiger partial charge in [-0.2, -0.15) is 0 Å². The van der Waals surface area contributed by atoms with Gasteiger partial charge in [-0.3, -0.25) is 24.1 Å². The van der Waals surface area contributed by atoms with Crippen LogP contribution in [0.2, 0.25) is 5.02 Å². The number of phenolic OH excluding ortho intramolecular Hbond substituents is 1. The number of hydrogen-bond donors (Lipinski definition) is 1. The van der Waals surface area contributed by atoms with E-state index in [1.807, 2.05) is 0 Å². The van der Waals surface area contributed by atoms with Crippen molar-refractivity contribution < 1.29 is 46.2 Å². The van der Waals surface area contributed by atoms with Gasteiger partial charge >= 0.3 is 0 Å². The summed E-state index contributed by atoms with van der Waals surface area (Å²) in [6.07, 6.45) is 0.884. The smallest absolute Gasteiger partial charge is 0.258 e. The molecular formula is C32H17Cl3F5IN2O5. The molecule has 3 aromatic carbocycles. The highest BCUT2D eigenvalue weighted by Crippen LogP contribution is 2.66. The number of benzene rings is 3. The molecule has 48 heavy (non-hydrogen) atoms. The molecule has 2 aliphatic carbocycles. The highest BCUT2D eigenvalue weighted by atomic mass is 127. The minimum absolute atomic E-state index is 0.00411. The van der Waals surface area contributed by atoms with Gasteiger partial charge in [-0.05, 0) is 83.3 Å². The molecule has 7 rings (SSSR count). The molecular weight excluding hydrogens is 821 g/mol. The highest BCUT2D eigenvalue weighted by molar-refractivity contribution is 14.1. The molecule has 4 amide bonds. The fraction of sp³-hybridized carbons (Fsp3) is 0.250. The standard InChI is InChI=1S/C32H17Cl3F5IN2O5/c33-18-9-13(44)5-6-15(18)20-14-7-8-16-19(28(46)42(27(16)45)12-3-1-11(41)2-4-12)17(14)10-31(34)29(47)43(30(48)32(20,31)35)26-24(39)22(37)21(36)23(38)25(26)40/h1-7,9,16-17,19-20,44H,8,10H2/t16-,17+,19-,20+,31+,32-/m0/s1. The fourth-order valence-electron chi connectivity index (χ4n) is 7.51. The minimum atomic E-state index is -2.72. The summed E-state index contributed by atoms with van der Waals surface area (Å²) >= 11 is 22.7. The van der Waals surface area contributed by atoms with Crippen LogP contribution in [0, 0.1) is 50.4 Å². The van der Waals surface area contributed by atoms with Crippen LogP contribution < -0.4 is 9.80 Å². The van der Waals surface area contributed by atoms with E-state index < -0.39 is 98.2 Å². The second-order valence-electron chi connectivity index (χ2n) is 11.9. The lowest BCUT2D eigenvalue weighted by Crippen LogP contribution is -2.60. The molecule has 2 aliphatic heterocycles. The van der Waals surface area contributed by atoms with Gasteiger partial charge in [0.2, 0.25) is 17.6 Å². The maximum Gasteiger partial charge on any atom is 0.258 e. The van der Waals surface area contributed by atoms with Gasteiger partial charge in [0.1, 0.15) is 11.4 Å². The van der Waals surface area contributed by atoms with E-state index in [0.717, 1.165) is 14.5 Å². The summed E-state index contributed by atoms with van der Waals surface area (Å²) < 4.78 is 73.9. The van der Waals surface area contributed by atoms with Crippen LogP contribution in [-0.4, -0.2) is 38.5 Å². The summed E-state index contributed by atoms with van der Waals surface area (Å²) in [6.45, 7) is 0. The SMILES string of the molecule is O=C1[C@H]2[C@H](CC=C3[C@H]2C[C@@]2(Cl)C(=O)N(c4c(F)c(F)c(F)c(F)c4F)C(=O)[C@@]2(Cl)[C@H]3c2ccc(O)cc2Cl)C(=O)N1c1ccc(I)cc1. The number of rotatable bonds is 3. The first-order valence-electron chi connectivity index (χ1n) is 14.2. The second-order valence-corrected chi connectivity index (χ2v) is 14.8. The largest absolute Gasteiger partial charge is 0.508 e. The van der Waals surface area contributed by atoms with Crippen molar-refractivity contribution in [2.75, 3.05) is 9.80 Å². The number of alkyl halides is 2. The van der Waals surface area contributed by atoms with E-state index in [1.54, 1.807) is 30.3 Å². The average Bonchev–Trinajstić information content (AvgIpc) is 3.38. The van der Waals surface area contributed by atoms with Crippen LogP contribution in [0.15, 0.2) is 54.1 Å². The van der Waals surface area contributed by atoms with Crippen molar-refractivity contribution in [3.63, 3.8) is 0 Å². The van der Waals surface area contributed by atoms with Crippen molar-refractivity contribution in [3.8, 4) is 5.75 Å². The number of nitrogens with zero attached hydrogens (tertiary/aromatic N) is 2. The lowest BCUT2D eigenvalue weighted by Gasteiger charge is -2.50. The molecule has 0 aromatic heterocycles. The Labute approximate surface area is 296 Å². The molecule has 0 radical (unpaired) electrons. The number of halogens is 9. The van der Waals surface area contributed by atoms with Crippen molar-refractivity contribution in [1.29, 1.82) is 0 Å². The lowest BCUT2D eigenvalue weighted by molar-refractivity contribution is -0.125. The van der Waals surface area contributed by atoms with Gasteiger partial charge in [-0.25, -0.2) is 26.9 Å². The minimum Gasteiger partial charge on any atom is -0.508 e. The van der Waals surface area contributed by atoms with E-state index in [4.69, 9.17) is 34.8 Å². The topological polar surface area (TPSA) is 95.0 Å². The number of hydrogen-bond acceptors (Lipinski definition) is 5. The van der Waals surface area contributed by atoms with Gasteiger partial charge in [-0.1, -0.05) is 29.3 Å². The fourth-order valence-corrected chi connectivity index (χ4v) is 9.08. The monoisotopic (exact) mass is 836 g/mol. The van der Waals surface area contributed by atoms with E-state index in [2.05, 4.69) is 22.6 Å². The molecule has 3 aromatic rings. The van der Waals surface area contributed by atoms with Crippen molar-refractivity contribution in [1.82, 2.24) is 0 Å². The normalized spacial score (nSPS) is 29.6. The third-order valence-electron chi connectivity index (χ3n) is 9.60. The number of amides is 4. The molecule has 0 unspecified atom stereocenters. The molecule has 1 N–H and O–H groups in total. The molecule has 7 nitrogen and oxygen atoms in total. The van der Waals surface area contributed by atoms with Crippen molar-refractivity contribution in [3.05, 3.63) is 97.4 Å². The molecule has 6 atom stereocenters. The third kappa shape index (κ3) is 4.22. The molecule has 2 heterocycles. The zero-order valence-electron chi connectivity index (χ0n) is 23.7. The van der Waals surface area contributed by atoms with Gasteiger partial charge in [-0.15, -0.1) is 23.2 Å². The number of aromatic hydroxyl groups is 1. The van der Waals surface area contributed by atoms with Crippen LogP contribution in [0.25, 0.3) is 0 Å². The van der Waals surface area contributed by atoms with Gasteiger partial charge in [0.25, 0.3) is 11.8 Å².